The maximum atomic E-state index is 11.2. The Hall–Kier alpha value is -3.02. The number of nitrogens with one attached hydrogen (secondary N) is 1. The van der Waals surface area contributed by atoms with Gasteiger partial charge in [0.2, 0.25) is 0 Å². The van der Waals surface area contributed by atoms with Crippen LogP contribution in [0.15, 0.2) is 36.5 Å². The molecule has 1 aromatic carbocycles. The van der Waals surface area contributed by atoms with Gasteiger partial charge in [-0.1, -0.05) is 12.1 Å². The molecule has 2 aromatic heterocycles. The molecule has 0 aliphatic rings. The fraction of sp³-hybridized carbons (Fsp3) is 0.211. The van der Waals surface area contributed by atoms with Crippen molar-refractivity contribution < 1.29 is 17.7 Å². The molecule has 0 radical (unpaired) electrons. The minimum atomic E-state index is -4.38. The van der Waals surface area contributed by atoms with Crippen molar-refractivity contribution in [2.75, 3.05) is 4.72 Å². The highest BCUT2D eigenvalue weighted by molar-refractivity contribution is 7.87. The molecular formula is C19H19N3O4S. The molecule has 0 aliphatic heterocycles. The summed E-state index contributed by atoms with van der Waals surface area (Å²) in [5.74, 6) is 3.17. The molecule has 0 saturated carbocycles. The number of nitrogens with zero attached hydrogens (tertiary/aromatic N) is 2. The van der Waals surface area contributed by atoms with Gasteiger partial charge in [0, 0.05) is 11.8 Å². The summed E-state index contributed by atoms with van der Waals surface area (Å²) < 4.78 is 41.4. The molecule has 7 nitrogen and oxygen atoms in total. The molecule has 2 N–H and O–H groups in total. The molecule has 0 spiro atoms. The van der Waals surface area contributed by atoms with Crippen molar-refractivity contribution >= 4 is 21.6 Å². The molecule has 140 valence electrons. The highest BCUT2D eigenvalue weighted by Crippen LogP contribution is 2.26. The Morgan fingerprint density at radius 2 is 2.07 bits per heavy atom. The van der Waals surface area contributed by atoms with Gasteiger partial charge in [-0.3, -0.25) is 13.7 Å². The van der Waals surface area contributed by atoms with Crippen LogP contribution in [-0.4, -0.2) is 22.4 Å². The van der Waals surface area contributed by atoms with Gasteiger partial charge >= 0.3 is 10.3 Å². The van der Waals surface area contributed by atoms with Crippen molar-refractivity contribution in [1.29, 1.82) is 0 Å². The molecule has 0 bridgehead atoms. The van der Waals surface area contributed by atoms with E-state index >= 15 is 0 Å². The van der Waals surface area contributed by atoms with Crippen molar-refractivity contribution in [1.82, 2.24) is 9.38 Å². The molecule has 0 aliphatic carbocycles. The predicted octanol–water partition coefficient (Wildman–Crippen LogP) is 2.92. The standard InChI is InChI=1S/C19H19N3O4S/c1-4-7-17-14(3)20-19-18(10-6-11-22(17)19)26-12-15-13(2)8-5-9-16(15)21-27(23,24)25/h1,5-6,8-11,21H,7,12H2,2-3H3,(H,23,24,25). The highest BCUT2D eigenvalue weighted by Gasteiger charge is 2.15. The summed E-state index contributed by atoms with van der Waals surface area (Å²) in [5.41, 5.74) is 4.08. The second-order valence-electron chi connectivity index (χ2n) is 6.06. The van der Waals surface area contributed by atoms with Crippen LogP contribution >= 0.6 is 0 Å². The number of rotatable bonds is 6. The number of fused-ring (bicyclic) bond motifs is 1. The Balaban J connectivity index is 1.95. The van der Waals surface area contributed by atoms with Crippen LogP contribution in [0.3, 0.4) is 0 Å². The number of aromatic nitrogens is 2. The summed E-state index contributed by atoms with van der Waals surface area (Å²) in [6.07, 6.45) is 7.76. The van der Waals surface area contributed by atoms with E-state index < -0.39 is 10.3 Å². The molecule has 27 heavy (non-hydrogen) atoms. The van der Waals surface area contributed by atoms with Gasteiger partial charge in [-0.05, 0) is 37.6 Å². The number of pyridine rings is 1. The van der Waals surface area contributed by atoms with Crippen LogP contribution < -0.4 is 9.46 Å². The first-order valence-corrected chi connectivity index (χ1v) is 9.60. The number of hydrogen-bond donors (Lipinski definition) is 2. The Morgan fingerprint density at radius 1 is 1.30 bits per heavy atom. The number of anilines is 1. The van der Waals surface area contributed by atoms with Crippen LogP contribution in [0.1, 0.15) is 22.5 Å². The lowest BCUT2D eigenvalue weighted by Gasteiger charge is -2.14. The van der Waals surface area contributed by atoms with Gasteiger partial charge < -0.3 is 4.74 Å². The maximum Gasteiger partial charge on any atom is 0.357 e. The predicted molar refractivity (Wildman–Crippen MR) is 103 cm³/mol. The quantitative estimate of drug-likeness (QED) is 0.503. The SMILES string of the molecule is C#CCc1c(C)nc2c(OCc3c(C)cccc3NS(=O)(=O)O)cccn12. The zero-order valence-electron chi connectivity index (χ0n) is 14.9. The summed E-state index contributed by atoms with van der Waals surface area (Å²) >= 11 is 0. The third kappa shape index (κ3) is 4.05. The molecule has 0 atom stereocenters. The molecule has 8 heteroatoms. The molecule has 2 heterocycles. The van der Waals surface area contributed by atoms with E-state index in [4.69, 9.17) is 15.7 Å². The molecule has 3 aromatic rings. The van der Waals surface area contributed by atoms with Gasteiger partial charge in [0.1, 0.15) is 6.61 Å². The number of aryl methyl sites for hydroxylation is 2. The second kappa shape index (κ2) is 7.31. The Labute approximate surface area is 157 Å². The smallest absolute Gasteiger partial charge is 0.357 e. The first-order chi connectivity index (χ1) is 12.8. The van der Waals surface area contributed by atoms with Gasteiger partial charge in [0.15, 0.2) is 11.4 Å². The summed E-state index contributed by atoms with van der Waals surface area (Å²) in [5, 5.41) is 0. The van der Waals surface area contributed by atoms with Crippen LogP contribution in [0.25, 0.3) is 5.65 Å². The molecule has 0 fully saturated rings. The lowest BCUT2D eigenvalue weighted by atomic mass is 10.1. The molecule has 0 amide bonds. The summed E-state index contributed by atoms with van der Waals surface area (Å²) in [6.45, 7) is 3.82. The minimum absolute atomic E-state index is 0.0978. The second-order valence-corrected chi connectivity index (χ2v) is 7.21. The highest BCUT2D eigenvalue weighted by atomic mass is 32.2. The van der Waals surface area contributed by atoms with E-state index in [-0.39, 0.29) is 12.3 Å². The number of ether oxygens (including phenoxy) is 1. The molecule has 0 saturated heterocycles. The lowest BCUT2D eigenvalue weighted by Crippen LogP contribution is -2.13. The topological polar surface area (TPSA) is 92.9 Å². The lowest BCUT2D eigenvalue weighted by molar-refractivity contribution is 0.308. The first-order valence-electron chi connectivity index (χ1n) is 8.16. The Morgan fingerprint density at radius 3 is 2.78 bits per heavy atom. The molecule has 0 unspecified atom stereocenters. The van der Waals surface area contributed by atoms with Gasteiger partial charge in [-0.25, -0.2) is 4.98 Å². The van der Waals surface area contributed by atoms with Crippen LogP contribution in [0.4, 0.5) is 5.69 Å². The van der Waals surface area contributed by atoms with Crippen molar-refractivity contribution in [3.8, 4) is 18.1 Å². The fourth-order valence-electron chi connectivity index (χ4n) is 2.91. The van der Waals surface area contributed by atoms with Crippen LogP contribution in [0.2, 0.25) is 0 Å². The summed E-state index contributed by atoms with van der Waals surface area (Å²) in [4.78, 5) is 4.54. The maximum absolute atomic E-state index is 11.2. The van der Waals surface area contributed by atoms with Crippen LogP contribution in [-0.2, 0) is 23.3 Å². The van der Waals surface area contributed by atoms with E-state index in [9.17, 15) is 8.42 Å². The minimum Gasteiger partial charge on any atom is -0.485 e. The van der Waals surface area contributed by atoms with E-state index in [0.29, 0.717) is 23.4 Å². The van der Waals surface area contributed by atoms with Gasteiger partial charge in [-0.15, -0.1) is 12.3 Å². The van der Waals surface area contributed by atoms with E-state index in [1.54, 1.807) is 18.2 Å². The van der Waals surface area contributed by atoms with Gasteiger partial charge in [0.05, 0.1) is 23.5 Å². The average molecular weight is 385 g/mol. The van der Waals surface area contributed by atoms with E-state index in [1.165, 1.54) is 0 Å². The zero-order valence-corrected chi connectivity index (χ0v) is 15.7. The number of hydrogen-bond acceptors (Lipinski definition) is 4. The third-order valence-electron chi connectivity index (χ3n) is 4.20. The van der Waals surface area contributed by atoms with Crippen molar-refractivity contribution in [2.45, 2.75) is 26.9 Å². The van der Waals surface area contributed by atoms with Gasteiger partial charge in [-0.2, -0.15) is 8.42 Å². The third-order valence-corrected chi connectivity index (χ3v) is 4.68. The van der Waals surface area contributed by atoms with E-state index in [2.05, 4.69) is 15.6 Å². The van der Waals surface area contributed by atoms with Crippen LogP contribution in [0.5, 0.6) is 5.75 Å². The monoisotopic (exact) mass is 385 g/mol. The normalized spacial score (nSPS) is 11.3. The summed E-state index contributed by atoms with van der Waals surface area (Å²) in [6, 6.07) is 8.70. The number of imidazole rings is 1. The zero-order chi connectivity index (χ0) is 19.6. The number of benzene rings is 1. The van der Waals surface area contributed by atoms with Crippen LogP contribution in [0, 0.1) is 26.2 Å². The largest absolute Gasteiger partial charge is 0.485 e. The fourth-order valence-corrected chi connectivity index (χ4v) is 3.37. The average Bonchev–Trinajstić information content (AvgIpc) is 2.90. The van der Waals surface area contributed by atoms with Gasteiger partial charge in [0.25, 0.3) is 0 Å². The van der Waals surface area contributed by atoms with E-state index in [1.807, 2.05) is 36.6 Å². The number of terminal acetylenes is 1. The van der Waals surface area contributed by atoms with Crippen molar-refractivity contribution in [2.24, 2.45) is 0 Å². The Bertz CT molecular complexity index is 1140. The molecular weight excluding hydrogens is 366 g/mol. The van der Waals surface area contributed by atoms with Crippen molar-refractivity contribution in [3.63, 3.8) is 0 Å². The van der Waals surface area contributed by atoms with Crippen molar-refractivity contribution in [3.05, 3.63) is 59.0 Å². The summed E-state index contributed by atoms with van der Waals surface area (Å²) in [7, 11) is -4.38. The Kier molecular flexibility index (Phi) is 5.08. The first kappa shape index (κ1) is 18.8. The molecule has 3 rings (SSSR count). The van der Waals surface area contributed by atoms with E-state index in [0.717, 1.165) is 17.0 Å².